The van der Waals surface area contributed by atoms with Gasteiger partial charge in [-0.15, -0.1) is 0 Å². The number of nitrogens with zero attached hydrogens (tertiary/aromatic N) is 2. The molecule has 2 saturated heterocycles. The first-order chi connectivity index (χ1) is 15.2. The van der Waals surface area contributed by atoms with Crippen LogP contribution in [0.25, 0.3) is 0 Å². The summed E-state index contributed by atoms with van der Waals surface area (Å²) in [7, 11) is 1.73. The van der Waals surface area contributed by atoms with E-state index in [0.29, 0.717) is 19.1 Å². The highest BCUT2D eigenvalue weighted by Gasteiger charge is 2.38. The third kappa shape index (κ3) is 8.64. The standard InChI is InChI=1S/C19H28N2O4.C2HF3O2/c1-23-11-9-20-10-12-24-18-14-21(8-7-16(18)13-20)19(22)15-25-17-5-3-2-4-6-17;3-2(4,5)1(6)7/h2-6,16,18H,7-15H2,1H3;(H,6,7)/t16-,18-;/m1./s1. The van der Waals surface area contributed by atoms with E-state index in [1.54, 1.807) is 7.11 Å². The molecule has 0 spiro atoms. The Labute approximate surface area is 184 Å². The quantitative estimate of drug-likeness (QED) is 0.691. The molecule has 11 heteroatoms. The number of hydrogen-bond acceptors (Lipinski definition) is 6. The van der Waals surface area contributed by atoms with Gasteiger partial charge in [-0.3, -0.25) is 9.69 Å². The third-order valence-corrected chi connectivity index (χ3v) is 5.24. The van der Waals surface area contributed by atoms with Crippen LogP contribution in [0.5, 0.6) is 5.75 Å². The molecule has 1 N–H and O–H groups in total. The molecule has 0 radical (unpaired) electrons. The maximum atomic E-state index is 12.5. The Kier molecular flexibility index (Phi) is 10.2. The number of carbonyl (C=O) groups is 2. The molecule has 0 aliphatic carbocycles. The normalized spacial score (nSPS) is 21.6. The Bertz CT molecular complexity index is 719. The average molecular weight is 462 g/mol. The zero-order valence-electron chi connectivity index (χ0n) is 17.9. The summed E-state index contributed by atoms with van der Waals surface area (Å²) < 4.78 is 48.6. The molecule has 1 aromatic carbocycles. The molecular formula is C21H29F3N2O6. The Morgan fingerprint density at radius 2 is 1.88 bits per heavy atom. The van der Waals surface area contributed by atoms with Crippen LogP contribution < -0.4 is 4.74 Å². The predicted molar refractivity (Wildman–Crippen MR) is 108 cm³/mol. The summed E-state index contributed by atoms with van der Waals surface area (Å²) in [5.41, 5.74) is 0. The fraction of sp³-hybridized carbons (Fsp3) is 0.619. The number of aliphatic carboxylic acids is 1. The molecule has 2 atom stereocenters. The van der Waals surface area contributed by atoms with Gasteiger partial charge in [-0.05, 0) is 18.6 Å². The Hall–Kier alpha value is -2.37. The predicted octanol–water partition coefficient (Wildman–Crippen LogP) is 1.89. The van der Waals surface area contributed by atoms with Crippen molar-refractivity contribution >= 4 is 11.9 Å². The van der Waals surface area contributed by atoms with E-state index in [9.17, 15) is 18.0 Å². The number of likely N-dealkylation sites (tertiary alicyclic amines) is 1. The molecule has 3 rings (SSSR count). The van der Waals surface area contributed by atoms with Gasteiger partial charge in [0, 0.05) is 45.8 Å². The van der Waals surface area contributed by atoms with E-state index < -0.39 is 12.1 Å². The van der Waals surface area contributed by atoms with Gasteiger partial charge in [-0.2, -0.15) is 13.2 Å². The summed E-state index contributed by atoms with van der Waals surface area (Å²) in [6.45, 7) is 5.89. The summed E-state index contributed by atoms with van der Waals surface area (Å²) >= 11 is 0. The number of ether oxygens (including phenoxy) is 3. The SMILES string of the molecule is COCCN1CCO[C@@H]2CN(C(=O)COc3ccccc3)CC[C@@H]2C1.O=C(O)C(F)(F)F. The Morgan fingerprint density at radius 3 is 2.50 bits per heavy atom. The first-order valence-corrected chi connectivity index (χ1v) is 10.3. The second-order valence-electron chi connectivity index (χ2n) is 7.50. The van der Waals surface area contributed by atoms with E-state index in [4.69, 9.17) is 24.1 Å². The molecule has 2 aliphatic rings. The molecule has 2 heterocycles. The number of piperidine rings is 1. The van der Waals surface area contributed by atoms with Gasteiger partial charge >= 0.3 is 12.1 Å². The number of carbonyl (C=O) groups excluding carboxylic acids is 1. The maximum absolute atomic E-state index is 12.5. The molecule has 1 aromatic rings. The van der Waals surface area contributed by atoms with Crippen LogP contribution in [0.1, 0.15) is 6.42 Å². The van der Waals surface area contributed by atoms with Gasteiger partial charge in [0.1, 0.15) is 5.75 Å². The second-order valence-corrected chi connectivity index (χ2v) is 7.50. The van der Waals surface area contributed by atoms with E-state index in [0.717, 1.165) is 45.0 Å². The molecule has 32 heavy (non-hydrogen) atoms. The minimum absolute atomic E-state index is 0.0337. The van der Waals surface area contributed by atoms with Crippen LogP contribution in [0.15, 0.2) is 30.3 Å². The maximum Gasteiger partial charge on any atom is 0.490 e. The molecule has 1 amide bonds. The number of alkyl halides is 3. The lowest BCUT2D eigenvalue weighted by Gasteiger charge is -2.38. The van der Waals surface area contributed by atoms with Crippen LogP contribution in [0.3, 0.4) is 0 Å². The van der Waals surface area contributed by atoms with E-state index in [-0.39, 0.29) is 18.6 Å². The summed E-state index contributed by atoms with van der Waals surface area (Å²) in [5.74, 6) is -1.51. The van der Waals surface area contributed by atoms with Crippen molar-refractivity contribution in [2.24, 2.45) is 5.92 Å². The summed E-state index contributed by atoms with van der Waals surface area (Å²) in [5, 5.41) is 7.12. The Morgan fingerprint density at radius 1 is 1.19 bits per heavy atom. The third-order valence-electron chi connectivity index (χ3n) is 5.24. The van der Waals surface area contributed by atoms with E-state index in [1.165, 1.54) is 0 Å². The van der Waals surface area contributed by atoms with Crippen LogP contribution >= 0.6 is 0 Å². The largest absolute Gasteiger partial charge is 0.490 e. The lowest BCUT2D eigenvalue weighted by molar-refractivity contribution is -0.192. The van der Waals surface area contributed by atoms with Crippen molar-refractivity contribution in [3.63, 3.8) is 0 Å². The number of carboxylic acid groups (broad SMARTS) is 1. The van der Waals surface area contributed by atoms with Gasteiger partial charge in [0.15, 0.2) is 6.61 Å². The molecular weight excluding hydrogens is 433 g/mol. The Balaban J connectivity index is 0.000000451. The van der Waals surface area contributed by atoms with Crippen LogP contribution in [0.2, 0.25) is 0 Å². The molecule has 2 aliphatic heterocycles. The molecule has 0 saturated carbocycles. The fourth-order valence-corrected chi connectivity index (χ4v) is 3.52. The van der Waals surface area contributed by atoms with E-state index >= 15 is 0 Å². The van der Waals surface area contributed by atoms with Gasteiger partial charge in [0.25, 0.3) is 5.91 Å². The first-order valence-electron chi connectivity index (χ1n) is 10.3. The van der Waals surface area contributed by atoms with Crippen molar-refractivity contribution < 1.29 is 42.1 Å². The van der Waals surface area contributed by atoms with Crippen molar-refractivity contribution in [2.45, 2.75) is 18.7 Å². The summed E-state index contributed by atoms with van der Waals surface area (Å²) in [6.07, 6.45) is -3.98. The number of hydrogen-bond donors (Lipinski definition) is 1. The van der Waals surface area contributed by atoms with Crippen molar-refractivity contribution in [1.29, 1.82) is 0 Å². The number of amides is 1. The second kappa shape index (κ2) is 12.6. The molecule has 2 fully saturated rings. The number of para-hydroxylation sites is 1. The van der Waals surface area contributed by atoms with E-state index in [1.807, 2.05) is 35.2 Å². The minimum Gasteiger partial charge on any atom is -0.484 e. The average Bonchev–Trinajstić information content (AvgIpc) is 2.97. The van der Waals surface area contributed by atoms with Crippen molar-refractivity contribution in [3.05, 3.63) is 30.3 Å². The van der Waals surface area contributed by atoms with Crippen molar-refractivity contribution in [2.75, 3.05) is 59.7 Å². The number of benzene rings is 1. The van der Waals surface area contributed by atoms with Gasteiger partial charge in [-0.25, -0.2) is 4.79 Å². The number of fused-ring (bicyclic) bond motifs is 1. The number of halogens is 3. The fourth-order valence-electron chi connectivity index (χ4n) is 3.52. The zero-order chi connectivity index (χ0) is 23.6. The number of methoxy groups -OCH3 is 1. The van der Waals surface area contributed by atoms with Crippen LogP contribution in [-0.2, 0) is 19.1 Å². The lowest BCUT2D eigenvalue weighted by Crippen LogP contribution is -2.50. The number of carboxylic acids is 1. The highest BCUT2D eigenvalue weighted by atomic mass is 19.4. The smallest absolute Gasteiger partial charge is 0.484 e. The van der Waals surface area contributed by atoms with Crippen LogP contribution in [0.4, 0.5) is 13.2 Å². The molecule has 180 valence electrons. The summed E-state index contributed by atoms with van der Waals surface area (Å²) in [4.78, 5) is 25.6. The van der Waals surface area contributed by atoms with Gasteiger partial charge in [-0.1, -0.05) is 18.2 Å². The first kappa shape index (κ1) is 25.9. The summed E-state index contributed by atoms with van der Waals surface area (Å²) in [6, 6.07) is 9.46. The monoisotopic (exact) mass is 462 g/mol. The molecule has 0 bridgehead atoms. The lowest BCUT2D eigenvalue weighted by atomic mass is 9.93. The van der Waals surface area contributed by atoms with Gasteiger partial charge in [0.05, 0.1) is 19.3 Å². The number of rotatable bonds is 6. The van der Waals surface area contributed by atoms with Crippen LogP contribution in [0, 0.1) is 5.92 Å². The topological polar surface area (TPSA) is 88.5 Å². The van der Waals surface area contributed by atoms with Crippen LogP contribution in [-0.4, -0.2) is 98.7 Å². The van der Waals surface area contributed by atoms with Gasteiger partial charge in [0.2, 0.25) is 0 Å². The molecule has 0 aromatic heterocycles. The molecule has 0 unspecified atom stereocenters. The highest BCUT2D eigenvalue weighted by molar-refractivity contribution is 5.78. The molecule has 8 nitrogen and oxygen atoms in total. The van der Waals surface area contributed by atoms with Crippen molar-refractivity contribution in [3.8, 4) is 5.75 Å². The van der Waals surface area contributed by atoms with Gasteiger partial charge < -0.3 is 24.2 Å². The zero-order valence-corrected chi connectivity index (χ0v) is 17.9. The highest BCUT2D eigenvalue weighted by Crippen LogP contribution is 2.24. The minimum atomic E-state index is -5.08. The van der Waals surface area contributed by atoms with E-state index in [2.05, 4.69) is 4.90 Å². The van der Waals surface area contributed by atoms with Crippen molar-refractivity contribution in [1.82, 2.24) is 9.80 Å².